The molecule has 0 spiro atoms. The third kappa shape index (κ3) is 8.51. The highest BCUT2D eigenvalue weighted by Gasteiger charge is 2.33. The quantitative estimate of drug-likeness (QED) is 0.217. The molecule has 0 aliphatic heterocycles. The minimum absolute atomic E-state index is 0. The second kappa shape index (κ2) is 13.2. The molecule has 1 aliphatic carbocycles. The van der Waals surface area contributed by atoms with Crippen LogP contribution in [0.4, 0.5) is 0 Å². The lowest BCUT2D eigenvalue weighted by Gasteiger charge is -2.30. The van der Waals surface area contributed by atoms with Crippen LogP contribution in [-0.2, 0) is 11.3 Å². The summed E-state index contributed by atoms with van der Waals surface area (Å²) in [4.78, 5) is 8.71. The van der Waals surface area contributed by atoms with E-state index in [4.69, 9.17) is 9.47 Å². The van der Waals surface area contributed by atoms with E-state index in [1.54, 1.807) is 0 Å². The Morgan fingerprint density at radius 3 is 2.57 bits per heavy atom. The summed E-state index contributed by atoms with van der Waals surface area (Å²) in [5, 5.41) is 6.91. The van der Waals surface area contributed by atoms with Crippen LogP contribution in [0.1, 0.15) is 58.4 Å². The lowest BCUT2D eigenvalue weighted by atomic mass is 9.83. The largest absolute Gasteiger partial charge is 0.475 e. The second-order valence-electron chi connectivity index (χ2n) is 7.60. The molecule has 1 aromatic heterocycles. The number of hydrogen-bond acceptors (Lipinski definition) is 4. The van der Waals surface area contributed by atoms with Gasteiger partial charge in [-0.25, -0.2) is 4.98 Å². The Balaban J connectivity index is 0.00000392. The number of aliphatic imine (C=N–C) groups is 1. The summed E-state index contributed by atoms with van der Waals surface area (Å²) < 4.78 is 11.2. The van der Waals surface area contributed by atoms with E-state index in [0.717, 1.165) is 37.7 Å². The van der Waals surface area contributed by atoms with E-state index in [-0.39, 0.29) is 30.1 Å². The van der Waals surface area contributed by atoms with Crippen molar-refractivity contribution in [2.24, 2.45) is 10.4 Å². The molecule has 1 heterocycles. The number of ether oxygens (including phenoxy) is 2. The number of halogens is 1. The van der Waals surface area contributed by atoms with Gasteiger partial charge in [0.1, 0.15) is 0 Å². The fourth-order valence-electron chi connectivity index (χ4n) is 3.58. The van der Waals surface area contributed by atoms with Crippen molar-refractivity contribution in [1.82, 2.24) is 15.6 Å². The summed E-state index contributed by atoms with van der Waals surface area (Å²) in [7, 11) is 1.81. The topological polar surface area (TPSA) is 67.8 Å². The molecular formula is C21H37IN4O2. The van der Waals surface area contributed by atoms with Gasteiger partial charge >= 0.3 is 0 Å². The molecule has 28 heavy (non-hydrogen) atoms. The molecule has 0 atom stereocenters. The summed E-state index contributed by atoms with van der Waals surface area (Å²) in [5.41, 5.74) is 1.44. The van der Waals surface area contributed by atoms with Crippen molar-refractivity contribution in [3.63, 3.8) is 0 Å². The Kier molecular flexibility index (Phi) is 11.8. The summed E-state index contributed by atoms with van der Waals surface area (Å²) in [6.45, 7) is 9.32. The van der Waals surface area contributed by atoms with E-state index in [1.807, 2.05) is 39.2 Å². The molecule has 1 saturated carbocycles. The maximum Gasteiger partial charge on any atom is 0.213 e. The molecule has 0 saturated heterocycles. The van der Waals surface area contributed by atoms with Crippen molar-refractivity contribution in [2.75, 3.05) is 26.8 Å². The Morgan fingerprint density at radius 2 is 2.00 bits per heavy atom. The zero-order valence-electron chi connectivity index (χ0n) is 17.8. The maximum absolute atomic E-state index is 5.60. The summed E-state index contributed by atoms with van der Waals surface area (Å²) in [6.07, 6.45) is 8.27. The molecule has 0 radical (unpaired) electrons. The first-order valence-corrected chi connectivity index (χ1v) is 10.2. The average molecular weight is 504 g/mol. The van der Waals surface area contributed by atoms with Crippen LogP contribution in [0.25, 0.3) is 0 Å². The molecule has 1 fully saturated rings. The molecule has 160 valence electrons. The van der Waals surface area contributed by atoms with E-state index in [0.29, 0.717) is 17.8 Å². The highest BCUT2D eigenvalue weighted by Crippen LogP contribution is 2.40. The van der Waals surface area contributed by atoms with Crippen LogP contribution in [0.2, 0.25) is 0 Å². The van der Waals surface area contributed by atoms with Crippen molar-refractivity contribution >= 4 is 29.9 Å². The lowest BCUT2D eigenvalue weighted by Crippen LogP contribution is -2.43. The van der Waals surface area contributed by atoms with Gasteiger partial charge in [0.15, 0.2) is 5.96 Å². The zero-order valence-corrected chi connectivity index (χ0v) is 20.1. The van der Waals surface area contributed by atoms with Crippen molar-refractivity contribution in [3.8, 4) is 5.88 Å². The van der Waals surface area contributed by atoms with Crippen LogP contribution in [0.3, 0.4) is 0 Å². The number of hydrogen-bond donors (Lipinski definition) is 2. The van der Waals surface area contributed by atoms with Crippen molar-refractivity contribution in [3.05, 3.63) is 23.9 Å². The fraction of sp³-hybridized carbons (Fsp3) is 0.714. The molecule has 0 unspecified atom stereocenters. The summed E-state index contributed by atoms with van der Waals surface area (Å²) in [5.74, 6) is 1.49. The van der Waals surface area contributed by atoms with Crippen molar-refractivity contribution in [1.29, 1.82) is 0 Å². The number of nitrogens with zero attached hydrogens (tertiary/aromatic N) is 2. The molecule has 1 aromatic rings. The molecule has 1 aliphatic rings. The van der Waals surface area contributed by atoms with Gasteiger partial charge in [-0.15, -0.1) is 24.0 Å². The van der Waals surface area contributed by atoms with Crippen LogP contribution in [-0.4, -0.2) is 43.9 Å². The standard InChI is InChI=1S/C21H36N4O2.HI/c1-5-26-13-12-21(10-6-7-11-21)16-25-20(22-4)24-15-18-8-9-19(23-14-18)27-17(2)3;/h8-9,14,17H,5-7,10-13,15-16H2,1-4H3,(H2,22,24,25);1H. The van der Waals surface area contributed by atoms with E-state index >= 15 is 0 Å². The number of rotatable bonds is 10. The van der Waals surface area contributed by atoms with Gasteiger partial charge in [0.05, 0.1) is 6.10 Å². The SMILES string of the molecule is CCOCCC1(CNC(=NC)NCc2ccc(OC(C)C)nc2)CCCC1.I. The predicted octanol–water partition coefficient (Wildman–Crippen LogP) is 4.14. The third-order valence-electron chi connectivity index (χ3n) is 5.11. The first-order valence-electron chi connectivity index (χ1n) is 10.2. The molecule has 6 nitrogen and oxygen atoms in total. The van der Waals surface area contributed by atoms with Crippen LogP contribution >= 0.6 is 24.0 Å². The number of pyridine rings is 1. The highest BCUT2D eigenvalue weighted by atomic mass is 127. The molecule has 0 bridgehead atoms. The van der Waals surface area contributed by atoms with Gasteiger partial charge < -0.3 is 20.1 Å². The molecule has 0 aromatic carbocycles. The zero-order chi connectivity index (χ0) is 19.5. The molecule has 2 N–H and O–H groups in total. The molecule has 0 amide bonds. The van der Waals surface area contributed by atoms with Gasteiger partial charge in [0.2, 0.25) is 5.88 Å². The van der Waals surface area contributed by atoms with Crippen LogP contribution in [0.5, 0.6) is 5.88 Å². The Bertz CT molecular complexity index is 572. The monoisotopic (exact) mass is 504 g/mol. The highest BCUT2D eigenvalue weighted by molar-refractivity contribution is 14.0. The van der Waals surface area contributed by atoms with Gasteiger partial charge in [-0.2, -0.15) is 0 Å². The average Bonchev–Trinajstić information content (AvgIpc) is 3.12. The smallest absolute Gasteiger partial charge is 0.213 e. The second-order valence-corrected chi connectivity index (χ2v) is 7.60. The van der Waals surface area contributed by atoms with Gasteiger partial charge in [0, 0.05) is 45.6 Å². The van der Waals surface area contributed by atoms with Crippen LogP contribution in [0.15, 0.2) is 23.3 Å². The first kappa shape index (κ1) is 24.9. The van der Waals surface area contributed by atoms with E-state index in [1.165, 1.54) is 25.7 Å². The van der Waals surface area contributed by atoms with Crippen LogP contribution < -0.4 is 15.4 Å². The minimum atomic E-state index is 0. The van der Waals surface area contributed by atoms with E-state index < -0.39 is 0 Å². The number of aromatic nitrogens is 1. The van der Waals surface area contributed by atoms with Crippen molar-refractivity contribution in [2.45, 2.75) is 65.5 Å². The van der Waals surface area contributed by atoms with Gasteiger partial charge in [-0.3, -0.25) is 4.99 Å². The lowest BCUT2D eigenvalue weighted by molar-refractivity contribution is 0.105. The Morgan fingerprint density at radius 1 is 1.25 bits per heavy atom. The van der Waals surface area contributed by atoms with E-state index in [9.17, 15) is 0 Å². The minimum Gasteiger partial charge on any atom is -0.475 e. The van der Waals surface area contributed by atoms with Crippen LogP contribution in [0, 0.1) is 5.41 Å². The van der Waals surface area contributed by atoms with Gasteiger partial charge in [-0.05, 0) is 51.0 Å². The van der Waals surface area contributed by atoms with Gasteiger partial charge in [-0.1, -0.05) is 18.9 Å². The van der Waals surface area contributed by atoms with Gasteiger partial charge in [0.25, 0.3) is 0 Å². The number of guanidine groups is 1. The fourth-order valence-corrected chi connectivity index (χ4v) is 3.58. The van der Waals surface area contributed by atoms with Crippen molar-refractivity contribution < 1.29 is 9.47 Å². The predicted molar refractivity (Wildman–Crippen MR) is 126 cm³/mol. The maximum atomic E-state index is 5.60. The molecule has 2 rings (SSSR count). The Labute approximate surface area is 187 Å². The first-order chi connectivity index (χ1) is 13.1. The summed E-state index contributed by atoms with van der Waals surface area (Å²) in [6, 6.07) is 3.94. The summed E-state index contributed by atoms with van der Waals surface area (Å²) >= 11 is 0. The normalized spacial score (nSPS) is 16.0. The third-order valence-corrected chi connectivity index (χ3v) is 5.11. The number of nitrogens with one attached hydrogen (secondary N) is 2. The Hall–Kier alpha value is -1.09. The molecular weight excluding hydrogens is 467 g/mol. The molecule has 7 heteroatoms. The van der Waals surface area contributed by atoms with E-state index in [2.05, 4.69) is 27.5 Å².